The first-order chi connectivity index (χ1) is 18.3. The molecule has 4 rings (SSSR count). The van der Waals surface area contributed by atoms with E-state index in [0.717, 1.165) is 30.4 Å². The van der Waals surface area contributed by atoms with Gasteiger partial charge in [-0.1, -0.05) is 0 Å². The van der Waals surface area contributed by atoms with E-state index in [1.165, 1.54) is 6.26 Å². The highest BCUT2D eigenvalue weighted by Gasteiger charge is 2.07. The Hall–Kier alpha value is -3.58. The van der Waals surface area contributed by atoms with Crippen LogP contribution in [-0.2, 0) is 18.2 Å². The number of allylic oxidation sites excluding steroid dienone is 1. The molecule has 194 valence electrons. The topological polar surface area (TPSA) is 139 Å². The quantitative estimate of drug-likeness (QED) is 0.184. The maximum absolute atomic E-state index is 8.83. The van der Waals surface area contributed by atoms with Crippen LogP contribution >= 0.6 is 47.8 Å². The Morgan fingerprint density at radius 2 is 1.58 bits per heavy atom. The minimum Gasteiger partial charge on any atom is -0.500 e. The number of pyridine rings is 3. The molecule has 12 heteroatoms. The second-order valence-electron chi connectivity index (χ2n) is 7.19. The van der Waals surface area contributed by atoms with E-state index in [9.17, 15) is 0 Å². The van der Waals surface area contributed by atoms with E-state index >= 15 is 0 Å². The van der Waals surface area contributed by atoms with E-state index in [4.69, 9.17) is 21.0 Å². The van der Waals surface area contributed by atoms with Crippen molar-refractivity contribution in [2.45, 2.75) is 13.3 Å². The van der Waals surface area contributed by atoms with Crippen LogP contribution < -0.4 is 5.73 Å². The monoisotopic (exact) mass is 700 g/mol. The highest BCUT2D eigenvalue weighted by atomic mass is 79.9. The third-order valence-electron chi connectivity index (χ3n) is 4.53. The van der Waals surface area contributed by atoms with Gasteiger partial charge in [0.25, 0.3) is 0 Å². The Labute approximate surface area is 246 Å². The van der Waals surface area contributed by atoms with Crippen LogP contribution in [0.3, 0.4) is 0 Å². The average molecular weight is 703 g/mol. The minimum absolute atomic E-state index is 0.382. The van der Waals surface area contributed by atoms with E-state index in [2.05, 4.69) is 67.8 Å². The fourth-order valence-electron chi connectivity index (χ4n) is 2.62. The number of aryl methyl sites for hydroxylation is 1. The number of hydrogen-bond donors (Lipinski definition) is 1. The van der Waals surface area contributed by atoms with E-state index in [1.807, 2.05) is 49.4 Å². The molecule has 0 spiro atoms. The molecule has 0 aliphatic heterocycles. The molecule has 0 aliphatic carbocycles. The van der Waals surface area contributed by atoms with Gasteiger partial charge in [0.2, 0.25) is 0 Å². The van der Waals surface area contributed by atoms with Crippen molar-refractivity contribution < 1.29 is 4.74 Å². The lowest BCUT2D eigenvalue weighted by atomic mass is 10.2. The van der Waals surface area contributed by atoms with Gasteiger partial charge in [-0.15, -0.1) is 0 Å². The molecule has 0 saturated carbocycles. The van der Waals surface area contributed by atoms with Crippen molar-refractivity contribution in [3.05, 3.63) is 92.3 Å². The van der Waals surface area contributed by atoms with Crippen molar-refractivity contribution in [2.24, 2.45) is 7.05 Å². The molecular formula is C26H23Br3N8O. The van der Waals surface area contributed by atoms with Gasteiger partial charge in [0.05, 0.1) is 47.9 Å². The third kappa shape index (κ3) is 10.1. The zero-order chi connectivity index (χ0) is 27.9. The number of nitrogen functional groups attached to an aromatic ring is 1. The number of nitrogens with two attached hydrogens (primary N) is 1. The normalized spacial score (nSPS) is 10.1. The molecule has 2 N–H and O–H groups in total. The Bertz CT molecular complexity index is 1410. The predicted octanol–water partition coefficient (Wildman–Crippen LogP) is 6.48. The van der Waals surface area contributed by atoms with Crippen molar-refractivity contribution in [3.63, 3.8) is 0 Å². The van der Waals surface area contributed by atoms with Crippen molar-refractivity contribution in [2.75, 3.05) is 12.3 Å². The molecule has 0 radical (unpaired) electrons. The van der Waals surface area contributed by atoms with Gasteiger partial charge in [-0.05, 0) is 91.1 Å². The Balaban J connectivity index is 0.000000204. The molecule has 0 aliphatic rings. The fourth-order valence-corrected chi connectivity index (χ4v) is 3.32. The summed E-state index contributed by atoms with van der Waals surface area (Å²) in [6.45, 7) is 2.40. The lowest BCUT2D eigenvalue weighted by molar-refractivity contribution is 0.271. The Morgan fingerprint density at radius 1 is 0.947 bits per heavy atom. The zero-order valence-electron chi connectivity index (χ0n) is 20.5. The van der Waals surface area contributed by atoms with E-state index in [-0.39, 0.29) is 0 Å². The van der Waals surface area contributed by atoms with E-state index < -0.39 is 0 Å². The maximum Gasteiger partial charge on any atom is 0.130 e. The summed E-state index contributed by atoms with van der Waals surface area (Å²) in [6, 6.07) is 15.2. The highest BCUT2D eigenvalue weighted by molar-refractivity contribution is 9.11. The molecule has 38 heavy (non-hydrogen) atoms. The van der Waals surface area contributed by atoms with Crippen molar-refractivity contribution in [1.82, 2.24) is 24.7 Å². The Morgan fingerprint density at radius 3 is 2.03 bits per heavy atom. The SMILES string of the molecule is CCO/C=C(/C#N)c1ccc(Br)cn1.Cn1ncc(-c2ccc(Br)cn2)c1N.N#CCc1ccc(Br)cn1. The molecule has 0 fully saturated rings. The van der Waals surface area contributed by atoms with Crippen LogP contribution in [0.2, 0.25) is 0 Å². The molecule has 4 aromatic heterocycles. The number of aromatic nitrogens is 5. The lowest BCUT2D eigenvalue weighted by Gasteiger charge is -1.99. The second kappa shape index (κ2) is 16.3. The van der Waals surface area contributed by atoms with E-state index in [1.54, 1.807) is 42.6 Å². The van der Waals surface area contributed by atoms with Crippen LogP contribution in [0.15, 0.2) is 80.9 Å². The molecule has 0 amide bonds. The number of nitrogens with zero attached hydrogens (tertiary/aromatic N) is 7. The molecular weight excluding hydrogens is 680 g/mol. The van der Waals surface area contributed by atoms with Gasteiger partial charge in [0.1, 0.15) is 23.7 Å². The third-order valence-corrected chi connectivity index (χ3v) is 5.94. The predicted molar refractivity (Wildman–Crippen MR) is 157 cm³/mol. The summed E-state index contributed by atoms with van der Waals surface area (Å²) in [5.41, 5.74) is 9.37. The number of rotatable bonds is 5. The van der Waals surface area contributed by atoms with Crippen LogP contribution in [0.25, 0.3) is 16.8 Å². The number of halogens is 3. The number of hydrogen-bond acceptors (Lipinski definition) is 8. The highest BCUT2D eigenvalue weighted by Crippen LogP contribution is 2.23. The molecule has 0 unspecified atom stereocenters. The Kier molecular flexibility index (Phi) is 13.1. The van der Waals surface area contributed by atoms with Crippen molar-refractivity contribution >= 4 is 59.2 Å². The van der Waals surface area contributed by atoms with Crippen molar-refractivity contribution in [1.29, 1.82) is 10.5 Å². The zero-order valence-corrected chi connectivity index (χ0v) is 25.3. The molecule has 9 nitrogen and oxygen atoms in total. The van der Waals surface area contributed by atoms with Gasteiger partial charge >= 0.3 is 0 Å². The van der Waals surface area contributed by atoms with Crippen LogP contribution in [0.1, 0.15) is 18.3 Å². The van der Waals surface area contributed by atoms with Crippen LogP contribution in [0.4, 0.5) is 5.82 Å². The van der Waals surface area contributed by atoms with Gasteiger partial charge < -0.3 is 10.5 Å². The van der Waals surface area contributed by atoms with Gasteiger partial charge in [0.15, 0.2) is 0 Å². The largest absolute Gasteiger partial charge is 0.500 e. The summed E-state index contributed by atoms with van der Waals surface area (Å²) in [6.07, 6.45) is 8.59. The smallest absolute Gasteiger partial charge is 0.130 e. The van der Waals surface area contributed by atoms with Gasteiger partial charge in [-0.25, -0.2) is 0 Å². The van der Waals surface area contributed by atoms with Gasteiger partial charge in [-0.2, -0.15) is 15.6 Å². The second-order valence-corrected chi connectivity index (χ2v) is 9.94. The summed E-state index contributed by atoms with van der Waals surface area (Å²) in [5, 5.41) is 21.2. The molecule has 0 atom stereocenters. The van der Waals surface area contributed by atoms with Gasteiger partial charge in [-0.3, -0.25) is 19.6 Å². The summed E-state index contributed by atoms with van der Waals surface area (Å²) in [7, 11) is 1.80. The van der Waals surface area contributed by atoms with Crippen molar-refractivity contribution in [3.8, 4) is 23.4 Å². The number of ether oxygens (including phenoxy) is 1. The first kappa shape index (κ1) is 30.6. The number of anilines is 1. The minimum atomic E-state index is 0.382. The van der Waals surface area contributed by atoms with E-state index in [0.29, 0.717) is 30.1 Å². The summed E-state index contributed by atoms with van der Waals surface area (Å²) in [5.74, 6) is 0.625. The molecule has 4 aromatic rings. The number of nitriles is 2. The standard InChI is InChI=1S/C10H9BrN2O.C9H9BrN4.C7H5BrN2/c1-2-14-7-8(5-12)10-4-3-9(11)6-13-10;1-14-9(11)7(5-13-14)8-3-2-6(10)4-12-8;8-6-1-2-7(3-4-9)10-5-6/h3-4,6-7H,2H2,1H3;2-5H,11H2,1H3;1-2,5H,3H2/b8-7-;;. The first-order valence-corrected chi connectivity index (χ1v) is 13.4. The summed E-state index contributed by atoms with van der Waals surface area (Å²) < 4.78 is 9.43. The first-order valence-electron chi connectivity index (χ1n) is 11.0. The molecule has 0 aromatic carbocycles. The summed E-state index contributed by atoms with van der Waals surface area (Å²) in [4.78, 5) is 12.3. The maximum atomic E-state index is 8.83. The van der Waals surface area contributed by atoms with Crippen LogP contribution in [0, 0.1) is 22.7 Å². The molecule has 4 heterocycles. The van der Waals surface area contributed by atoms with Crippen LogP contribution in [-0.4, -0.2) is 31.3 Å². The summed E-state index contributed by atoms with van der Waals surface area (Å²) >= 11 is 9.85. The van der Waals surface area contributed by atoms with Crippen LogP contribution in [0.5, 0.6) is 0 Å². The molecule has 0 saturated heterocycles. The lowest BCUT2D eigenvalue weighted by Crippen LogP contribution is -1.98. The average Bonchev–Trinajstić information content (AvgIpc) is 3.26. The molecule has 0 bridgehead atoms. The fraction of sp³-hybridized carbons (Fsp3) is 0.154. The van der Waals surface area contributed by atoms with Gasteiger partial charge in [0, 0.05) is 39.1 Å².